The summed E-state index contributed by atoms with van der Waals surface area (Å²) in [6.45, 7) is 3.15. The van der Waals surface area contributed by atoms with E-state index in [1.807, 2.05) is 4.90 Å². The molecule has 0 spiro atoms. The van der Waals surface area contributed by atoms with Crippen LogP contribution in [0, 0.1) is 11.8 Å². The molecule has 1 aliphatic rings. The smallest absolute Gasteiger partial charge is 0.350 e. The summed E-state index contributed by atoms with van der Waals surface area (Å²) in [5.41, 5.74) is 12.7. The van der Waals surface area contributed by atoms with Crippen LogP contribution in [0.25, 0.3) is 0 Å². The molecule has 214 valence electrons. The molecule has 0 radical (unpaired) electrons. The standard InChI is InChI=1S/C30H35N7O4/c1-30(32,20-38)19-33-25-7-3-2-6-24(25)27(39)34-26-14-18-37(29(41)35-26)15-4-5-21-8-10-22(11-9-21)28(40)36-16-12-23(31)13-17-36/h2-3,6-11,14,18,23,33,38H,12-13,15-17,19-20,31-32H2,1H3,(H,34,35,39,41). The Hall–Kier alpha value is -4.50. The molecular weight excluding hydrogens is 522 g/mol. The molecule has 1 saturated heterocycles. The summed E-state index contributed by atoms with van der Waals surface area (Å²) in [7, 11) is 0. The third kappa shape index (κ3) is 8.02. The van der Waals surface area contributed by atoms with Gasteiger partial charge in [-0.05, 0) is 62.2 Å². The van der Waals surface area contributed by atoms with Crippen LogP contribution in [-0.4, -0.2) is 69.2 Å². The van der Waals surface area contributed by atoms with Gasteiger partial charge in [0.2, 0.25) is 0 Å². The van der Waals surface area contributed by atoms with Gasteiger partial charge >= 0.3 is 5.69 Å². The maximum atomic E-state index is 12.9. The van der Waals surface area contributed by atoms with Gasteiger partial charge in [0.1, 0.15) is 5.82 Å². The Bertz CT molecular complexity index is 1500. The highest BCUT2D eigenvalue weighted by Gasteiger charge is 2.21. The molecule has 2 aromatic carbocycles. The van der Waals surface area contributed by atoms with Crippen LogP contribution in [0.2, 0.25) is 0 Å². The molecule has 2 heterocycles. The first kappa shape index (κ1) is 29.5. The number of nitrogens with two attached hydrogens (primary N) is 2. The number of aromatic nitrogens is 2. The lowest BCUT2D eigenvalue weighted by molar-refractivity contribution is 0.0714. The number of aliphatic hydroxyl groups excluding tert-OH is 1. The number of likely N-dealkylation sites (tertiary alicyclic amines) is 1. The van der Waals surface area contributed by atoms with E-state index in [4.69, 9.17) is 11.5 Å². The van der Waals surface area contributed by atoms with Crippen molar-refractivity contribution in [3.8, 4) is 11.8 Å². The highest BCUT2D eigenvalue weighted by atomic mass is 16.3. The number of nitrogens with zero attached hydrogens (tertiary/aromatic N) is 3. The SMILES string of the molecule is CC(N)(CO)CNc1ccccc1C(=O)Nc1ccn(CC#Cc2ccc(C(=O)N3CCC(N)CC3)cc2)c(=O)n1. The summed E-state index contributed by atoms with van der Waals surface area (Å²) in [6.07, 6.45) is 3.13. The largest absolute Gasteiger partial charge is 0.394 e. The summed E-state index contributed by atoms with van der Waals surface area (Å²) in [5, 5.41) is 15.1. The third-order valence-corrected chi connectivity index (χ3v) is 6.77. The van der Waals surface area contributed by atoms with Crippen LogP contribution in [0.1, 0.15) is 46.0 Å². The van der Waals surface area contributed by atoms with Crippen molar-refractivity contribution in [2.75, 3.05) is 36.9 Å². The molecule has 41 heavy (non-hydrogen) atoms. The number of benzene rings is 2. The Morgan fingerprint density at radius 3 is 2.51 bits per heavy atom. The molecule has 3 aromatic rings. The Kier molecular flexibility index (Phi) is 9.52. The van der Waals surface area contributed by atoms with Crippen LogP contribution in [0.3, 0.4) is 0 Å². The summed E-state index contributed by atoms with van der Waals surface area (Å²) < 4.78 is 1.33. The monoisotopic (exact) mass is 557 g/mol. The number of para-hydroxylation sites is 1. The second kappa shape index (κ2) is 13.2. The minimum atomic E-state index is -0.858. The van der Waals surface area contributed by atoms with Gasteiger partial charge in [0.25, 0.3) is 11.8 Å². The molecule has 1 aromatic heterocycles. The van der Waals surface area contributed by atoms with E-state index in [0.717, 1.165) is 12.8 Å². The van der Waals surface area contributed by atoms with Crippen molar-refractivity contribution in [3.63, 3.8) is 0 Å². The number of anilines is 2. The van der Waals surface area contributed by atoms with Crippen LogP contribution < -0.4 is 27.8 Å². The van der Waals surface area contributed by atoms with Crippen molar-refractivity contribution < 1.29 is 14.7 Å². The topological polar surface area (TPSA) is 169 Å². The van der Waals surface area contributed by atoms with Crippen LogP contribution in [-0.2, 0) is 6.54 Å². The van der Waals surface area contributed by atoms with Gasteiger partial charge in [-0.25, -0.2) is 4.79 Å². The molecule has 2 amide bonds. The fourth-order valence-electron chi connectivity index (χ4n) is 4.20. The number of nitrogens with one attached hydrogen (secondary N) is 2. The van der Waals surface area contributed by atoms with Crippen molar-refractivity contribution in [2.45, 2.75) is 37.9 Å². The van der Waals surface area contributed by atoms with E-state index in [9.17, 15) is 19.5 Å². The Morgan fingerprint density at radius 2 is 1.83 bits per heavy atom. The minimum absolute atomic E-state index is 0.0128. The van der Waals surface area contributed by atoms with Crippen LogP contribution in [0.5, 0.6) is 0 Å². The molecule has 1 aliphatic heterocycles. The Balaban J connectivity index is 1.35. The molecule has 1 unspecified atom stereocenters. The third-order valence-electron chi connectivity index (χ3n) is 6.77. The second-order valence-corrected chi connectivity index (χ2v) is 10.4. The number of rotatable bonds is 8. The van der Waals surface area contributed by atoms with Gasteiger partial charge in [-0.3, -0.25) is 14.2 Å². The molecule has 11 nitrogen and oxygen atoms in total. The quantitative estimate of drug-likeness (QED) is 0.258. The number of carbonyl (C=O) groups excluding carboxylic acids is 2. The normalized spacial score (nSPS) is 14.9. The molecule has 0 aliphatic carbocycles. The summed E-state index contributed by atoms with van der Waals surface area (Å²) in [5.74, 6) is 5.57. The van der Waals surface area contributed by atoms with Crippen molar-refractivity contribution in [1.29, 1.82) is 0 Å². The number of piperidine rings is 1. The molecule has 0 saturated carbocycles. The number of carbonyl (C=O) groups is 2. The van der Waals surface area contributed by atoms with E-state index in [1.54, 1.807) is 55.5 Å². The lowest BCUT2D eigenvalue weighted by Crippen LogP contribution is -2.46. The fraction of sp³-hybridized carbons (Fsp3) is 0.333. The van der Waals surface area contributed by atoms with Gasteiger partial charge in [0, 0.05) is 48.7 Å². The predicted octanol–water partition coefficient (Wildman–Crippen LogP) is 1.23. The first-order valence-electron chi connectivity index (χ1n) is 13.4. The lowest BCUT2D eigenvalue weighted by Gasteiger charge is -2.30. The molecule has 4 rings (SSSR count). The molecular formula is C30H35N7O4. The van der Waals surface area contributed by atoms with E-state index < -0.39 is 17.1 Å². The Morgan fingerprint density at radius 1 is 1.12 bits per heavy atom. The zero-order valence-corrected chi connectivity index (χ0v) is 23.0. The summed E-state index contributed by atoms with van der Waals surface area (Å²) in [4.78, 5) is 43.9. The van der Waals surface area contributed by atoms with E-state index >= 15 is 0 Å². The molecule has 11 heteroatoms. The zero-order chi connectivity index (χ0) is 29.4. The summed E-state index contributed by atoms with van der Waals surface area (Å²) in [6, 6.07) is 15.6. The van der Waals surface area contributed by atoms with Crippen LogP contribution >= 0.6 is 0 Å². The van der Waals surface area contributed by atoms with Crippen molar-refractivity contribution in [3.05, 3.63) is 88.0 Å². The van der Waals surface area contributed by atoms with Crippen molar-refractivity contribution in [2.24, 2.45) is 11.5 Å². The maximum absolute atomic E-state index is 12.9. The highest BCUT2D eigenvalue weighted by molar-refractivity contribution is 6.07. The number of hydrogen-bond donors (Lipinski definition) is 5. The average Bonchev–Trinajstić information content (AvgIpc) is 2.98. The van der Waals surface area contributed by atoms with Gasteiger partial charge in [0.05, 0.1) is 24.3 Å². The molecule has 7 N–H and O–H groups in total. The maximum Gasteiger partial charge on any atom is 0.350 e. The first-order chi connectivity index (χ1) is 19.6. The first-order valence-corrected chi connectivity index (χ1v) is 13.4. The van der Waals surface area contributed by atoms with Crippen molar-refractivity contribution >= 4 is 23.3 Å². The zero-order valence-electron chi connectivity index (χ0n) is 23.0. The van der Waals surface area contributed by atoms with E-state index in [-0.39, 0.29) is 37.5 Å². The number of hydrogen-bond acceptors (Lipinski definition) is 8. The number of aliphatic hydroxyl groups is 1. The van der Waals surface area contributed by atoms with Crippen LogP contribution in [0.4, 0.5) is 11.5 Å². The second-order valence-electron chi connectivity index (χ2n) is 10.4. The fourth-order valence-corrected chi connectivity index (χ4v) is 4.20. The molecule has 1 atom stereocenters. The van der Waals surface area contributed by atoms with Gasteiger partial charge < -0.3 is 32.1 Å². The van der Waals surface area contributed by atoms with Gasteiger partial charge in [0.15, 0.2) is 0 Å². The van der Waals surface area contributed by atoms with Crippen molar-refractivity contribution in [1.82, 2.24) is 14.5 Å². The molecule has 0 bridgehead atoms. The average molecular weight is 558 g/mol. The van der Waals surface area contributed by atoms with E-state index in [0.29, 0.717) is 35.5 Å². The number of amides is 2. The van der Waals surface area contributed by atoms with E-state index in [2.05, 4.69) is 27.5 Å². The van der Waals surface area contributed by atoms with Crippen LogP contribution in [0.15, 0.2) is 65.6 Å². The molecule has 1 fully saturated rings. The minimum Gasteiger partial charge on any atom is -0.394 e. The highest BCUT2D eigenvalue weighted by Crippen LogP contribution is 2.18. The predicted molar refractivity (Wildman–Crippen MR) is 157 cm³/mol. The van der Waals surface area contributed by atoms with Gasteiger partial charge in [-0.15, -0.1) is 0 Å². The van der Waals surface area contributed by atoms with E-state index in [1.165, 1.54) is 16.8 Å². The lowest BCUT2D eigenvalue weighted by atomic mass is 10.0. The Labute approximate surface area is 238 Å². The van der Waals surface area contributed by atoms with Gasteiger partial charge in [-0.1, -0.05) is 24.0 Å². The summed E-state index contributed by atoms with van der Waals surface area (Å²) >= 11 is 0. The van der Waals surface area contributed by atoms with Gasteiger partial charge in [-0.2, -0.15) is 4.98 Å².